The number of para-hydroxylation sites is 2. The minimum absolute atomic E-state index is 0.0183. The number of hydrogen-bond donors (Lipinski definition) is 0. The van der Waals surface area contributed by atoms with Gasteiger partial charge in [-0.05, 0) is 155 Å². The van der Waals surface area contributed by atoms with Crippen molar-refractivity contribution in [3.63, 3.8) is 0 Å². The summed E-state index contributed by atoms with van der Waals surface area (Å²) < 4.78 is 0. The maximum absolute atomic E-state index is 2.54. The Balaban J connectivity index is 1.02. The van der Waals surface area contributed by atoms with E-state index in [0.717, 1.165) is 24.2 Å². The summed E-state index contributed by atoms with van der Waals surface area (Å²) in [5.41, 5.74) is 24.8. The van der Waals surface area contributed by atoms with Gasteiger partial charge in [-0.15, -0.1) is 0 Å². The average Bonchev–Trinajstić information content (AvgIpc) is 3.89. The molecule has 8 aromatic rings. The third kappa shape index (κ3) is 6.19. The third-order valence-corrected chi connectivity index (χ3v) is 15.3. The van der Waals surface area contributed by atoms with Gasteiger partial charge in [0, 0.05) is 22.5 Å². The molecule has 0 bridgehead atoms. The lowest BCUT2D eigenvalue weighted by atomic mass is 9.68. The minimum Gasteiger partial charge on any atom is -0.310 e. The fraction of sp³-hybridized carbons (Fsp3) is 0.219. The molecule has 3 aliphatic rings. The molecule has 0 unspecified atom stereocenters. The van der Waals surface area contributed by atoms with Gasteiger partial charge in [0.05, 0.1) is 5.41 Å². The van der Waals surface area contributed by atoms with Gasteiger partial charge in [-0.1, -0.05) is 201 Å². The summed E-state index contributed by atoms with van der Waals surface area (Å²) in [6.07, 6.45) is 6.76. The molecule has 3 aliphatic carbocycles. The van der Waals surface area contributed by atoms with Gasteiger partial charge in [-0.3, -0.25) is 0 Å². The van der Waals surface area contributed by atoms with Crippen molar-refractivity contribution in [2.75, 3.05) is 4.90 Å². The topological polar surface area (TPSA) is 3.24 Å². The van der Waals surface area contributed by atoms with Crippen molar-refractivity contribution in [3.05, 3.63) is 232 Å². The van der Waals surface area contributed by atoms with E-state index in [1.165, 1.54) is 94.7 Å². The van der Waals surface area contributed by atoms with Crippen molar-refractivity contribution >= 4 is 29.2 Å². The van der Waals surface area contributed by atoms with E-state index in [0.29, 0.717) is 0 Å². The van der Waals surface area contributed by atoms with Crippen LogP contribution in [0.2, 0.25) is 0 Å². The molecule has 1 nitrogen and oxygen atoms in total. The number of nitrogens with zero attached hydrogens (tertiary/aromatic N) is 1. The molecule has 0 saturated heterocycles. The molecule has 65 heavy (non-hydrogen) atoms. The van der Waals surface area contributed by atoms with Crippen molar-refractivity contribution in [1.82, 2.24) is 0 Å². The lowest BCUT2D eigenvalue weighted by molar-refractivity contribution is 0.490. The first-order valence-electron chi connectivity index (χ1n) is 23.8. The van der Waals surface area contributed by atoms with Crippen LogP contribution in [0.4, 0.5) is 17.1 Å². The third-order valence-electron chi connectivity index (χ3n) is 15.3. The van der Waals surface area contributed by atoms with Crippen molar-refractivity contribution in [1.29, 1.82) is 0 Å². The highest BCUT2D eigenvalue weighted by Crippen LogP contribution is 2.64. The molecule has 11 rings (SSSR count). The van der Waals surface area contributed by atoms with Crippen molar-refractivity contribution in [3.8, 4) is 33.4 Å². The van der Waals surface area contributed by atoms with Crippen LogP contribution in [0.1, 0.15) is 124 Å². The number of hydrogen-bond acceptors (Lipinski definition) is 1. The molecule has 0 fully saturated rings. The summed E-state index contributed by atoms with van der Waals surface area (Å²) >= 11 is 0. The smallest absolute Gasteiger partial charge is 0.0725 e. The highest BCUT2D eigenvalue weighted by Gasteiger charge is 2.52. The predicted molar refractivity (Wildman–Crippen MR) is 277 cm³/mol. The van der Waals surface area contributed by atoms with Crippen LogP contribution in [-0.4, -0.2) is 0 Å². The second-order valence-corrected chi connectivity index (χ2v) is 20.8. The molecular formula is C64H59N. The van der Waals surface area contributed by atoms with Crippen LogP contribution in [0.3, 0.4) is 0 Å². The Kier molecular flexibility index (Phi) is 9.42. The molecule has 1 spiro atoms. The average molecular weight is 842 g/mol. The fourth-order valence-electron chi connectivity index (χ4n) is 11.8. The molecule has 0 saturated carbocycles. The van der Waals surface area contributed by atoms with E-state index in [9.17, 15) is 0 Å². The first-order chi connectivity index (χ1) is 31.4. The van der Waals surface area contributed by atoms with Gasteiger partial charge in [0.25, 0.3) is 0 Å². The Morgan fingerprint density at radius 3 is 1.28 bits per heavy atom. The van der Waals surface area contributed by atoms with Gasteiger partial charge in [0.1, 0.15) is 0 Å². The maximum Gasteiger partial charge on any atom is 0.0725 e. The van der Waals surface area contributed by atoms with Crippen molar-refractivity contribution < 1.29 is 0 Å². The maximum atomic E-state index is 2.54. The normalized spacial score (nSPS) is 14.8. The van der Waals surface area contributed by atoms with E-state index in [2.05, 4.69) is 248 Å². The van der Waals surface area contributed by atoms with Crippen LogP contribution >= 0.6 is 0 Å². The van der Waals surface area contributed by atoms with E-state index in [1.807, 2.05) is 0 Å². The molecule has 1 heteroatoms. The summed E-state index contributed by atoms with van der Waals surface area (Å²) in [4.78, 5) is 2.39. The van der Waals surface area contributed by atoms with Crippen molar-refractivity contribution in [2.45, 2.75) is 89.9 Å². The largest absolute Gasteiger partial charge is 0.310 e. The lowest BCUT2D eigenvalue weighted by Gasteiger charge is -2.33. The Bertz CT molecular complexity index is 3080. The van der Waals surface area contributed by atoms with Crippen LogP contribution in [0.5, 0.6) is 0 Å². The van der Waals surface area contributed by atoms with Gasteiger partial charge in [-0.25, -0.2) is 0 Å². The van der Waals surface area contributed by atoms with Crippen molar-refractivity contribution in [2.24, 2.45) is 0 Å². The zero-order valence-electron chi connectivity index (χ0n) is 39.3. The molecule has 8 aromatic carbocycles. The Hall–Kier alpha value is -6.70. The van der Waals surface area contributed by atoms with E-state index < -0.39 is 5.41 Å². The molecule has 320 valence electrons. The predicted octanol–water partition coefficient (Wildman–Crippen LogP) is 17.4. The number of benzene rings is 8. The molecule has 0 radical (unpaired) electrons. The number of rotatable bonds is 7. The zero-order valence-corrected chi connectivity index (χ0v) is 39.3. The second-order valence-electron chi connectivity index (χ2n) is 20.8. The Morgan fingerprint density at radius 2 is 0.769 bits per heavy atom. The van der Waals surface area contributed by atoms with Crippen LogP contribution in [0.15, 0.2) is 176 Å². The van der Waals surface area contributed by atoms with Crippen LogP contribution in [-0.2, 0) is 21.7 Å². The molecule has 0 heterocycles. The molecule has 0 aliphatic heterocycles. The summed E-state index contributed by atoms with van der Waals surface area (Å²) in [7, 11) is 0. The SMILES string of the molecule is CCC1(CC)c2cc(/C=C/c3ccc4c(c3)C3(c5ccccc5-4)c4cc(C(C)(C)C)ccc4-c4ccc(C(C)(C)C)cc43)ccc2-c2ccc(N(c3ccccc3)c3ccccc3)cc21. The van der Waals surface area contributed by atoms with Gasteiger partial charge in [0.2, 0.25) is 0 Å². The monoisotopic (exact) mass is 841 g/mol. The highest BCUT2D eigenvalue weighted by atomic mass is 15.1. The number of fused-ring (bicyclic) bond motifs is 13. The summed E-state index contributed by atoms with van der Waals surface area (Å²) in [6.45, 7) is 18.8. The van der Waals surface area contributed by atoms with Crippen LogP contribution in [0, 0.1) is 0 Å². The molecular weight excluding hydrogens is 783 g/mol. The Labute approximate surface area is 387 Å². The Morgan fingerprint density at radius 1 is 0.369 bits per heavy atom. The molecule has 0 amide bonds. The summed E-state index contributed by atoms with van der Waals surface area (Å²) in [6, 6.07) is 66.9. The molecule has 0 atom stereocenters. The van der Waals surface area contributed by atoms with Gasteiger partial charge >= 0.3 is 0 Å². The minimum atomic E-state index is -0.417. The standard InChI is InChI=1S/C64H59N/c1-9-63(10-2)56-37-42(27-32-50(56)51-36-31-48(41-57(51)63)65(46-19-13-11-14-20-46)47-21-15-12-16-22-47)25-26-43-28-33-52-49-23-17-18-24-55(49)64(58(52)38-43)59-39-44(61(3,4)5)29-34-53(59)54-35-30-45(40-60(54)64)62(6,7)8/h11-41H,9-10H2,1-8H3/b26-25+. The van der Waals surface area contributed by atoms with E-state index in [4.69, 9.17) is 0 Å². The molecule has 0 aromatic heterocycles. The fourth-order valence-corrected chi connectivity index (χ4v) is 11.8. The summed E-state index contributed by atoms with van der Waals surface area (Å²) in [5.74, 6) is 0. The van der Waals surface area contributed by atoms with Crippen LogP contribution in [0.25, 0.3) is 45.5 Å². The van der Waals surface area contributed by atoms with Gasteiger partial charge < -0.3 is 4.90 Å². The molecule has 0 N–H and O–H groups in total. The zero-order chi connectivity index (χ0) is 44.9. The quantitative estimate of drug-likeness (QED) is 0.145. The van der Waals surface area contributed by atoms with E-state index in [-0.39, 0.29) is 16.2 Å². The highest BCUT2D eigenvalue weighted by molar-refractivity contribution is 5.96. The first-order valence-corrected chi connectivity index (χ1v) is 23.8. The number of anilines is 3. The van der Waals surface area contributed by atoms with E-state index in [1.54, 1.807) is 0 Å². The lowest BCUT2D eigenvalue weighted by Crippen LogP contribution is -2.27. The van der Waals surface area contributed by atoms with Gasteiger partial charge in [0.15, 0.2) is 0 Å². The van der Waals surface area contributed by atoms with E-state index >= 15 is 0 Å². The second kappa shape index (κ2) is 14.9. The van der Waals surface area contributed by atoms with Crippen LogP contribution < -0.4 is 4.90 Å². The van der Waals surface area contributed by atoms with Gasteiger partial charge in [-0.2, -0.15) is 0 Å². The first kappa shape index (κ1) is 41.0. The summed E-state index contributed by atoms with van der Waals surface area (Å²) in [5, 5.41) is 0.